The summed E-state index contributed by atoms with van der Waals surface area (Å²) in [5.41, 5.74) is 0. The lowest BCUT2D eigenvalue weighted by Gasteiger charge is -2.16. The number of rotatable bonds is 0. The fourth-order valence-electron chi connectivity index (χ4n) is 2.25. The molecule has 1 fully saturated rings. The minimum atomic E-state index is 0.247. The van der Waals surface area contributed by atoms with Gasteiger partial charge in [0.05, 0.1) is 0 Å². The van der Waals surface area contributed by atoms with Crippen LogP contribution in [-0.2, 0) is 4.79 Å². The molecule has 0 spiro atoms. The molecule has 2 rings (SSSR count). The molecule has 2 heterocycles. The summed E-state index contributed by atoms with van der Waals surface area (Å²) in [4.78, 5) is 18.1. The van der Waals surface area contributed by atoms with Crippen LogP contribution in [0.25, 0.3) is 0 Å². The van der Waals surface area contributed by atoms with Crippen molar-refractivity contribution in [2.24, 2.45) is 4.99 Å². The van der Waals surface area contributed by atoms with Crippen molar-refractivity contribution in [3.05, 3.63) is 0 Å². The Bertz CT molecular complexity index is 290. The highest BCUT2D eigenvalue weighted by Crippen LogP contribution is 2.14. The molecule has 0 unspecified atom stereocenters. The zero-order valence-electron chi connectivity index (χ0n) is 10.4. The maximum absolute atomic E-state index is 11.7. The van der Waals surface area contributed by atoms with E-state index in [2.05, 4.69) is 15.6 Å². The Labute approximate surface area is 103 Å². The Morgan fingerprint density at radius 3 is 2.59 bits per heavy atom. The van der Waals surface area contributed by atoms with Crippen molar-refractivity contribution in [3.63, 3.8) is 0 Å². The molecular weight excluding hydrogens is 216 g/mol. The zero-order chi connectivity index (χ0) is 11.9. The normalized spacial score (nSPS) is 24.4. The highest BCUT2D eigenvalue weighted by molar-refractivity contribution is 6.04. The average Bonchev–Trinajstić information content (AvgIpc) is 2.68. The second kappa shape index (κ2) is 6.71. The molecule has 0 aromatic carbocycles. The molecule has 2 aliphatic rings. The molecule has 0 aromatic heterocycles. The Hall–Kier alpha value is -0.940. The topological polar surface area (TPSA) is 56.7 Å². The number of amides is 1. The van der Waals surface area contributed by atoms with Crippen LogP contribution in [0.3, 0.4) is 0 Å². The minimum Gasteiger partial charge on any atom is -0.315 e. The predicted molar refractivity (Wildman–Crippen MR) is 68.2 cm³/mol. The van der Waals surface area contributed by atoms with E-state index in [-0.39, 0.29) is 5.91 Å². The number of hydrogen-bond donors (Lipinski definition) is 2. The second-order valence-corrected chi connectivity index (χ2v) is 4.55. The molecule has 0 saturated carbocycles. The van der Waals surface area contributed by atoms with Crippen LogP contribution in [0.1, 0.15) is 25.7 Å². The van der Waals surface area contributed by atoms with Crippen molar-refractivity contribution in [3.8, 4) is 0 Å². The van der Waals surface area contributed by atoms with Crippen molar-refractivity contribution in [2.45, 2.75) is 25.7 Å². The van der Waals surface area contributed by atoms with Gasteiger partial charge in [-0.15, -0.1) is 0 Å². The quantitative estimate of drug-likeness (QED) is 0.623. The van der Waals surface area contributed by atoms with Crippen LogP contribution in [0, 0.1) is 0 Å². The zero-order valence-corrected chi connectivity index (χ0v) is 10.4. The summed E-state index contributed by atoms with van der Waals surface area (Å²) in [6, 6.07) is 0. The monoisotopic (exact) mass is 238 g/mol. The Morgan fingerprint density at radius 1 is 1.00 bits per heavy atom. The molecule has 5 nitrogen and oxygen atoms in total. The fraction of sp³-hybridized carbons (Fsp3) is 0.833. The van der Waals surface area contributed by atoms with E-state index in [9.17, 15) is 4.79 Å². The third-order valence-corrected chi connectivity index (χ3v) is 3.19. The molecule has 0 bridgehead atoms. The average molecular weight is 238 g/mol. The Morgan fingerprint density at radius 2 is 1.76 bits per heavy atom. The maximum atomic E-state index is 11.7. The third-order valence-electron chi connectivity index (χ3n) is 3.19. The SMILES string of the molecule is O=C1CCC2=NCCCNCCNCCCN12. The van der Waals surface area contributed by atoms with Crippen LogP contribution in [0.4, 0.5) is 0 Å². The molecule has 2 N–H and O–H groups in total. The molecule has 17 heavy (non-hydrogen) atoms. The first-order valence-electron chi connectivity index (χ1n) is 6.63. The number of nitrogens with one attached hydrogen (secondary N) is 2. The lowest BCUT2D eigenvalue weighted by atomic mass is 10.3. The van der Waals surface area contributed by atoms with E-state index in [1.54, 1.807) is 0 Å². The minimum absolute atomic E-state index is 0.247. The van der Waals surface area contributed by atoms with E-state index in [1.165, 1.54) is 0 Å². The summed E-state index contributed by atoms with van der Waals surface area (Å²) in [5, 5.41) is 6.76. The first-order chi connectivity index (χ1) is 8.38. The van der Waals surface area contributed by atoms with Gasteiger partial charge >= 0.3 is 0 Å². The number of fused-ring (bicyclic) bond motifs is 1. The van der Waals surface area contributed by atoms with Crippen molar-refractivity contribution >= 4 is 11.7 Å². The van der Waals surface area contributed by atoms with Crippen LogP contribution < -0.4 is 10.6 Å². The van der Waals surface area contributed by atoms with Crippen LogP contribution in [0.2, 0.25) is 0 Å². The first kappa shape index (κ1) is 12.5. The van der Waals surface area contributed by atoms with Gasteiger partial charge in [-0.1, -0.05) is 0 Å². The molecule has 0 radical (unpaired) electrons. The van der Waals surface area contributed by atoms with Gasteiger partial charge in [-0.25, -0.2) is 0 Å². The summed E-state index contributed by atoms with van der Waals surface area (Å²) in [5.74, 6) is 1.26. The van der Waals surface area contributed by atoms with E-state index < -0.39 is 0 Å². The van der Waals surface area contributed by atoms with Crippen molar-refractivity contribution < 1.29 is 4.79 Å². The lowest BCUT2D eigenvalue weighted by Crippen LogP contribution is -2.33. The van der Waals surface area contributed by atoms with Gasteiger partial charge in [0.25, 0.3) is 0 Å². The second-order valence-electron chi connectivity index (χ2n) is 4.55. The van der Waals surface area contributed by atoms with Gasteiger partial charge < -0.3 is 15.5 Å². The molecular formula is C12H22N4O. The number of carbonyl (C=O) groups excluding carboxylic acids is 1. The standard InChI is InChI=1S/C12H22N4O/c17-12-4-3-11-15-7-1-5-13-8-9-14-6-2-10-16(11)12/h13-14H,1-10H2. The van der Waals surface area contributed by atoms with Gasteiger partial charge in [0.15, 0.2) is 0 Å². The van der Waals surface area contributed by atoms with E-state index in [4.69, 9.17) is 0 Å². The van der Waals surface area contributed by atoms with Crippen LogP contribution in [0.5, 0.6) is 0 Å². The number of nitrogens with zero attached hydrogens (tertiary/aromatic N) is 2. The van der Waals surface area contributed by atoms with Crippen LogP contribution in [-0.4, -0.2) is 55.9 Å². The van der Waals surface area contributed by atoms with Gasteiger partial charge in [0.1, 0.15) is 5.84 Å². The molecule has 0 aliphatic carbocycles. The first-order valence-corrected chi connectivity index (χ1v) is 6.63. The summed E-state index contributed by atoms with van der Waals surface area (Å²) in [6.07, 6.45) is 3.53. The molecule has 2 aliphatic heterocycles. The summed E-state index contributed by atoms with van der Waals surface area (Å²) in [7, 11) is 0. The van der Waals surface area contributed by atoms with E-state index in [0.29, 0.717) is 6.42 Å². The predicted octanol–water partition coefficient (Wildman–Crippen LogP) is -0.0197. The molecule has 1 amide bonds. The van der Waals surface area contributed by atoms with Gasteiger partial charge in [0, 0.05) is 39.0 Å². The van der Waals surface area contributed by atoms with Gasteiger partial charge in [-0.2, -0.15) is 0 Å². The van der Waals surface area contributed by atoms with Crippen LogP contribution in [0.15, 0.2) is 4.99 Å². The highest BCUT2D eigenvalue weighted by Gasteiger charge is 2.26. The van der Waals surface area contributed by atoms with Gasteiger partial charge in [-0.3, -0.25) is 9.79 Å². The van der Waals surface area contributed by atoms with E-state index in [0.717, 1.165) is 64.4 Å². The van der Waals surface area contributed by atoms with E-state index in [1.807, 2.05) is 4.90 Å². The third kappa shape index (κ3) is 3.78. The fourth-order valence-corrected chi connectivity index (χ4v) is 2.25. The number of hydrogen-bond acceptors (Lipinski definition) is 4. The lowest BCUT2D eigenvalue weighted by molar-refractivity contribution is -0.125. The summed E-state index contributed by atoms with van der Waals surface area (Å²) < 4.78 is 0. The summed E-state index contributed by atoms with van der Waals surface area (Å²) in [6.45, 7) is 5.64. The number of aliphatic imine (C=N–C) groups is 1. The van der Waals surface area contributed by atoms with Gasteiger partial charge in [0.2, 0.25) is 5.91 Å². The largest absolute Gasteiger partial charge is 0.315 e. The highest BCUT2D eigenvalue weighted by atomic mass is 16.2. The van der Waals surface area contributed by atoms with Crippen molar-refractivity contribution in [1.82, 2.24) is 15.5 Å². The van der Waals surface area contributed by atoms with Crippen molar-refractivity contribution in [1.29, 1.82) is 0 Å². The Balaban J connectivity index is 1.92. The van der Waals surface area contributed by atoms with E-state index >= 15 is 0 Å². The van der Waals surface area contributed by atoms with Crippen LogP contribution >= 0.6 is 0 Å². The molecule has 0 aromatic rings. The summed E-state index contributed by atoms with van der Waals surface area (Å²) >= 11 is 0. The molecule has 1 saturated heterocycles. The molecule has 5 heteroatoms. The number of carbonyl (C=O) groups is 1. The maximum Gasteiger partial charge on any atom is 0.228 e. The Kier molecular flexibility index (Phi) is 4.94. The number of amidine groups is 1. The van der Waals surface area contributed by atoms with Gasteiger partial charge in [-0.05, 0) is 25.9 Å². The molecule has 0 atom stereocenters. The van der Waals surface area contributed by atoms with Crippen molar-refractivity contribution in [2.75, 3.05) is 39.3 Å². The molecule has 96 valence electrons. The smallest absolute Gasteiger partial charge is 0.228 e.